The van der Waals surface area contributed by atoms with Crippen LogP contribution in [-0.2, 0) is 6.42 Å². The zero-order valence-electron chi connectivity index (χ0n) is 11.9. The van der Waals surface area contributed by atoms with Gasteiger partial charge in [-0.3, -0.25) is 0 Å². The summed E-state index contributed by atoms with van der Waals surface area (Å²) < 4.78 is 6.21. The van der Waals surface area contributed by atoms with Gasteiger partial charge in [0.05, 0.1) is 0 Å². The van der Waals surface area contributed by atoms with E-state index in [0.717, 1.165) is 25.0 Å². The van der Waals surface area contributed by atoms with Crippen LogP contribution in [0, 0.1) is 0 Å². The van der Waals surface area contributed by atoms with Crippen molar-refractivity contribution >= 4 is 6.08 Å². The highest BCUT2D eigenvalue weighted by molar-refractivity contribution is 5.48. The fourth-order valence-corrected chi connectivity index (χ4v) is 2.68. The minimum Gasteiger partial charge on any atom is -0.487 e. The predicted octanol–water partition coefficient (Wildman–Crippen LogP) is 4.87. The van der Waals surface area contributed by atoms with Crippen LogP contribution < -0.4 is 4.74 Å². The summed E-state index contributed by atoms with van der Waals surface area (Å²) in [5, 5.41) is 0. The molecule has 2 aromatic carbocycles. The van der Waals surface area contributed by atoms with Crippen molar-refractivity contribution in [1.82, 2.24) is 0 Å². The normalized spacial score (nSPS) is 21.4. The first kappa shape index (κ1) is 13.0. The number of aryl methyl sites for hydroxylation is 1. The SMILES string of the molecule is CC1(C/C=C/c2ccccc2)CCc2ccccc2O1. The maximum absolute atomic E-state index is 6.21. The van der Waals surface area contributed by atoms with E-state index in [0.29, 0.717) is 0 Å². The van der Waals surface area contributed by atoms with Gasteiger partial charge in [0.2, 0.25) is 0 Å². The number of fused-ring (bicyclic) bond motifs is 1. The van der Waals surface area contributed by atoms with Crippen LogP contribution in [0.5, 0.6) is 5.75 Å². The van der Waals surface area contributed by atoms with Crippen LogP contribution in [0.1, 0.15) is 30.9 Å². The molecule has 0 spiro atoms. The minimum absolute atomic E-state index is 0.0837. The highest BCUT2D eigenvalue weighted by atomic mass is 16.5. The Labute approximate surface area is 120 Å². The topological polar surface area (TPSA) is 9.23 Å². The Bertz CT molecular complexity index is 600. The summed E-state index contributed by atoms with van der Waals surface area (Å²) in [6.45, 7) is 2.21. The Morgan fingerprint density at radius 2 is 1.80 bits per heavy atom. The highest BCUT2D eigenvalue weighted by Gasteiger charge is 2.29. The Morgan fingerprint density at radius 3 is 2.65 bits per heavy atom. The molecule has 1 heteroatoms. The third kappa shape index (κ3) is 2.93. The van der Waals surface area contributed by atoms with E-state index < -0.39 is 0 Å². The largest absolute Gasteiger partial charge is 0.487 e. The van der Waals surface area contributed by atoms with Gasteiger partial charge < -0.3 is 4.74 Å². The Morgan fingerprint density at radius 1 is 1.05 bits per heavy atom. The number of hydrogen-bond donors (Lipinski definition) is 0. The van der Waals surface area contributed by atoms with Gasteiger partial charge in [0.25, 0.3) is 0 Å². The van der Waals surface area contributed by atoms with E-state index in [2.05, 4.69) is 61.5 Å². The molecule has 0 amide bonds. The number of benzene rings is 2. The van der Waals surface area contributed by atoms with Gasteiger partial charge in [0.1, 0.15) is 11.4 Å². The first-order valence-corrected chi connectivity index (χ1v) is 7.24. The number of ether oxygens (including phenoxy) is 1. The molecule has 2 aromatic rings. The van der Waals surface area contributed by atoms with Crippen LogP contribution in [0.4, 0.5) is 0 Å². The van der Waals surface area contributed by atoms with Gasteiger partial charge in [0.15, 0.2) is 0 Å². The fourth-order valence-electron chi connectivity index (χ4n) is 2.68. The van der Waals surface area contributed by atoms with Gasteiger partial charge in [-0.15, -0.1) is 0 Å². The molecule has 0 saturated carbocycles. The minimum atomic E-state index is -0.0837. The summed E-state index contributed by atoms with van der Waals surface area (Å²) in [5.74, 6) is 1.05. The molecule has 0 bridgehead atoms. The van der Waals surface area contributed by atoms with Crippen molar-refractivity contribution in [2.75, 3.05) is 0 Å². The molecular weight excluding hydrogens is 244 g/mol. The zero-order valence-corrected chi connectivity index (χ0v) is 11.9. The smallest absolute Gasteiger partial charge is 0.123 e. The van der Waals surface area contributed by atoms with Gasteiger partial charge in [-0.1, -0.05) is 60.7 Å². The lowest BCUT2D eigenvalue weighted by Crippen LogP contribution is -2.35. The zero-order chi connectivity index (χ0) is 13.8. The fraction of sp³-hybridized carbons (Fsp3) is 0.263. The first-order valence-electron chi connectivity index (χ1n) is 7.24. The second-order valence-corrected chi connectivity index (χ2v) is 5.68. The third-order valence-electron chi connectivity index (χ3n) is 3.91. The molecule has 3 rings (SSSR count). The average molecular weight is 264 g/mol. The summed E-state index contributed by atoms with van der Waals surface area (Å²) in [7, 11) is 0. The molecule has 0 saturated heterocycles. The van der Waals surface area contributed by atoms with Crippen molar-refractivity contribution in [3.05, 3.63) is 71.8 Å². The van der Waals surface area contributed by atoms with Crippen molar-refractivity contribution in [2.45, 2.75) is 31.8 Å². The van der Waals surface area contributed by atoms with E-state index in [1.54, 1.807) is 0 Å². The maximum atomic E-state index is 6.21. The van der Waals surface area contributed by atoms with Crippen molar-refractivity contribution in [3.8, 4) is 5.75 Å². The third-order valence-corrected chi connectivity index (χ3v) is 3.91. The van der Waals surface area contributed by atoms with E-state index in [9.17, 15) is 0 Å². The van der Waals surface area contributed by atoms with E-state index in [-0.39, 0.29) is 5.60 Å². The molecule has 1 aliphatic rings. The molecule has 1 nitrogen and oxygen atoms in total. The summed E-state index contributed by atoms with van der Waals surface area (Å²) in [6, 6.07) is 18.8. The van der Waals surface area contributed by atoms with Gasteiger partial charge in [-0.05, 0) is 37.0 Å². The van der Waals surface area contributed by atoms with Crippen molar-refractivity contribution in [1.29, 1.82) is 0 Å². The van der Waals surface area contributed by atoms with Gasteiger partial charge in [-0.25, -0.2) is 0 Å². The van der Waals surface area contributed by atoms with Crippen molar-refractivity contribution < 1.29 is 4.74 Å². The molecule has 0 radical (unpaired) electrons. The lowest BCUT2D eigenvalue weighted by molar-refractivity contribution is 0.0683. The van der Waals surface area contributed by atoms with Crippen molar-refractivity contribution in [3.63, 3.8) is 0 Å². The molecular formula is C19H20O. The average Bonchev–Trinajstić information content (AvgIpc) is 2.48. The summed E-state index contributed by atoms with van der Waals surface area (Å²) in [6.07, 6.45) is 7.52. The van der Waals surface area contributed by atoms with E-state index >= 15 is 0 Å². The summed E-state index contributed by atoms with van der Waals surface area (Å²) >= 11 is 0. The first-order chi connectivity index (χ1) is 9.75. The van der Waals surface area contributed by atoms with E-state index in [1.165, 1.54) is 11.1 Å². The van der Waals surface area contributed by atoms with Gasteiger partial charge >= 0.3 is 0 Å². The second-order valence-electron chi connectivity index (χ2n) is 5.68. The van der Waals surface area contributed by atoms with Crippen LogP contribution in [0.3, 0.4) is 0 Å². The number of para-hydroxylation sites is 1. The molecule has 1 unspecified atom stereocenters. The second kappa shape index (κ2) is 5.54. The Balaban J connectivity index is 1.68. The van der Waals surface area contributed by atoms with Crippen LogP contribution in [0.2, 0.25) is 0 Å². The van der Waals surface area contributed by atoms with E-state index in [1.807, 2.05) is 12.1 Å². The highest BCUT2D eigenvalue weighted by Crippen LogP contribution is 2.35. The number of hydrogen-bond acceptors (Lipinski definition) is 1. The van der Waals surface area contributed by atoms with Gasteiger partial charge in [-0.2, -0.15) is 0 Å². The Hall–Kier alpha value is -2.02. The molecule has 1 heterocycles. The molecule has 0 aromatic heterocycles. The molecule has 0 fully saturated rings. The quantitative estimate of drug-likeness (QED) is 0.768. The monoisotopic (exact) mass is 264 g/mol. The lowest BCUT2D eigenvalue weighted by atomic mass is 9.89. The maximum Gasteiger partial charge on any atom is 0.123 e. The van der Waals surface area contributed by atoms with Crippen LogP contribution in [-0.4, -0.2) is 5.60 Å². The van der Waals surface area contributed by atoms with E-state index in [4.69, 9.17) is 4.74 Å². The van der Waals surface area contributed by atoms with Crippen LogP contribution >= 0.6 is 0 Å². The Kier molecular flexibility index (Phi) is 3.60. The van der Waals surface area contributed by atoms with Crippen molar-refractivity contribution in [2.24, 2.45) is 0 Å². The molecule has 102 valence electrons. The van der Waals surface area contributed by atoms with Crippen LogP contribution in [0.15, 0.2) is 60.7 Å². The number of rotatable bonds is 3. The van der Waals surface area contributed by atoms with Gasteiger partial charge in [0, 0.05) is 6.42 Å². The lowest BCUT2D eigenvalue weighted by Gasteiger charge is -2.35. The molecule has 0 aliphatic carbocycles. The van der Waals surface area contributed by atoms with Crippen LogP contribution in [0.25, 0.3) is 6.08 Å². The molecule has 0 N–H and O–H groups in total. The molecule has 1 atom stereocenters. The summed E-state index contributed by atoms with van der Waals surface area (Å²) in [5.41, 5.74) is 2.49. The molecule has 1 aliphatic heterocycles. The molecule has 20 heavy (non-hydrogen) atoms. The predicted molar refractivity (Wildman–Crippen MR) is 83.9 cm³/mol. The standard InChI is InChI=1S/C19H20O/c1-19(14-7-10-16-8-3-2-4-9-16)15-13-17-11-5-6-12-18(17)20-19/h2-12H,13-15H2,1H3/b10-7+. The summed E-state index contributed by atoms with van der Waals surface area (Å²) in [4.78, 5) is 0.